The number of hydrogen-bond donors (Lipinski definition) is 1. The fourth-order valence-corrected chi connectivity index (χ4v) is 4.19. The number of aliphatic carboxylic acids is 1. The molecule has 0 radical (unpaired) electrons. The van der Waals surface area contributed by atoms with Gasteiger partial charge in [0.1, 0.15) is 0 Å². The zero-order valence-corrected chi connectivity index (χ0v) is 16.1. The number of carboxylic acid groups (broad SMARTS) is 1. The maximum atomic E-state index is 12.6. The molecule has 1 aromatic carbocycles. The van der Waals surface area contributed by atoms with E-state index < -0.39 is 17.8 Å². The van der Waals surface area contributed by atoms with Gasteiger partial charge in [-0.2, -0.15) is 0 Å². The Balaban J connectivity index is 1.54. The molecule has 0 aromatic heterocycles. The van der Waals surface area contributed by atoms with Crippen LogP contribution in [0.5, 0.6) is 0 Å². The minimum atomic E-state index is -1.17. The molecule has 0 aliphatic heterocycles. The molecule has 1 fully saturated rings. The van der Waals surface area contributed by atoms with E-state index in [1.165, 1.54) is 0 Å². The summed E-state index contributed by atoms with van der Waals surface area (Å²) in [5.74, 6) is -3.46. The molecule has 1 saturated carbocycles. The molecule has 2 aliphatic rings. The zero-order chi connectivity index (χ0) is 20.1. The van der Waals surface area contributed by atoms with Gasteiger partial charge in [0.25, 0.3) is 0 Å². The van der Waals surface area contributed by atoms with E-state index in [1.54, 1.807) is 24.3 Å². The highest BCUT2D eigenvalue weighted by atomic mass is 16.5. The van der Waals surface area contributed by atoms with Gasteiger partial charge in [0.2, 0.25) is 5.91 Å². The van der Waals surface area contributed by atoms with Crippen LogP contribution in [0.4, 0.5) is 5.69 Å². The molecule has 0 spiro atoms. The Hall–Kier alpha value is -2.63. The summed E-state index contributed by atoms with van der Waals surface area (Å²) in [5.41, 5.74) is 0.942. The van der Waals surface area contributed by atoms with Crippen molar-refractivity contribution in [1.82, 2.24) is 0 Å². The third-order valence-corrected chi connectivity index (χ3v) is 5.65. The fraction of sp³-hybridized carbons (Fsp3) is 0.500. The van der Waals surface area contributed by atoms with Gasteiger partial charge in [-0.1, -0.05) is 38.3 Å². The molecule has 0 heterocycles. The number of carboxylic acids is 1. The van der Waals surface area contributed by atoms with Gasteiger partial charge in [-0.3, -0.25) is 4.79 Å². The van der Waals surface area contributed by atoms with Crippen LogP contribution in [0.2, 0.25) is 0 Å². The van der Waals surface area contributed by atoms with Gasteiger partial charge in [0.15, 0.2) is 0 Å². The minimum Gasteiger partial charge on any atom is -0.550 e. The van der Waals surface area contributed by atoms with Crippen molar-refractivity contribution < 1.29 is 24.2 Å². The maximum Gasteiger partial charge on any atom is 0.338 e. The number of carbonyl (C=O) groups is 3. The van der Waals surface area contributed by atoms with Gasteiger partial charge in [0.05, 0.1) is 18.1 Å². The molecular formula is C22H26NO5-. The smallest absolute Gasteiger partial charge is 0.338 e. The highest BCUT2D eigenvalue weighted by Gasteiger charge is 2.48. The molecule has 6 heteroatoms. The van der Waals surface area contributed by atoms with Gasteiger partial charge in [0, 0.05) is 17.6 Å². The Bertz CT molecular complexity index is 755. The van der Waals surface area contributed by atoms with Crippen molar-refractivity contribution in [1.29, 1.82) is 0 Å². The number of unbranched alkanes of at least 4 members (excludes halogenated alkanes) is 3. The number of esters is 1. The zero-order valence-electron chi connectivity index (χ0n) is 16.1. The number of nitrogens with one attached hydrogen (secondary N) is 1. The number of hydrogen-bond acceptors (Lipinski definition) is 5. The van der Waals surface area contributed by atoms with E-state index in [0.29, 0.717) is 24.3 Å². The number of rotatable bonds is 9. The fourth-order valence-electron chi connectivity index (χ4n) is 4.19. The third-order valence-electron chi connectivity index (χ3n) is 5.65. The predicted octanol–water partition coefficient (Wildman–Crippen LogP) is 2.55. The van der Waals surface area contributed by atoms with E-state index in [0.717, 1.165) is 25.7 Å². The van der Waals surface area contributed by atoms with Crippen molar-refractivity contribution >= 4 is 23.5 Å². The molecule has 0 unspecified atom stereocenters. The monoisotopic (exact) mass is 384 g/mol. The summed E-state index contributed by atoms with van der Waals surface area (Å²) in [4.78, 5) is 36.1. The summed E-state index contributed by atoms with van der Waals surface area (Å²) in [7, 11) is 0. The van der Waals surface area contributed by atoms with Crippen molar-refractivity contribution in [2.45, 2.75) is 39.0 Å². The largest absolute Gasteiger partial charge is 0.550 e. The normalized spacial score (nSPS) is 24.9. The van der Waals surface area contributed by atoms with E-state index in [9.17, 15) is 19.5 Å². The lowest BCUT2D eigenvalue weighted by molar-refractivity contribution is -0.313. The van der Waals surface area contributed by atoms with Gasteiger partial charge in [-0.25, -0.2) is 4.79 Å². The number of benzene rings is 1. The first-order valence-electron chi connectivity index (χ1n) is 9.98. The Morgan fingerprint density at radius 2 is 1.71 bits per heavy atom. The summed E-state index contributed by atoms with van der Waals surface area (Å²) in [5, 5.41) is 14.2. The number of allylic oxidation sites excluding steroid dienone is 2. The van der Waals surface area contributed by atoms with Gasteiger partial charge in [-0.15, -0.1) is 0 Å². The first kappa shape index (κ1) is 20.1. The second kappa shape index (κ2) is 9.04. The second-order valence-corrected chi connectivity index (χ2v) is 7.58. The van der Waals surface area contributed by atoms with E-state index in [4.69, 9.17) is 4.74 Å². The average Bonchev–Trinajstić information content (AvgIpc) is 3.29. The topological polar surface area (TPSA) is 95.5 Å². The highest BCUT2D eigenvalue weighted by molar-refractivity contribution is 5.97. The van der Waals surface area contributed by atoms with E-state index in [2.05, 4.69) is 12.2 Å². The first-order chi connectivity index (χ1) is 13.5. The van der Waals surface area contributed by atoms with Crippen molar-refractivity contribution in [3.05, 3.63) is 42.0 Å². The number of amides is 1. The Morgan fingerprint density at radius 3 is 2.36 bits per heavy atom. The number of fused-ring (bicyclic) bond motifs is 2. The van der Waals surface area contributed by atoms with Crippen molar-refractivity contribution in [3.63, 3.8) is 0 Å². The first-order valence-corrected chi connectivity index (χ1v) is 9.98. The van der Waals surface area contributed by atoms with Crippen molar-refractivity contribution in [2.24, 2.45) is 23.7 Å². The van der Waals surface area contributed by atoms with Gasteiger partial charge in [-0.05, 0) is 48.9 Å². The average molecular weight is 384 g/mol. The molecule has 2 bridgehead atoms. The van der Waals surface area contributed by atoms with Crippen LogP contribution in [0.15, 0.2) is 36.4 Å². The van der Waals surface area contributed by atoms with Crippen LogP contribution in [0, 0.1) is 23.7 Å². The summed E-state index contributed by atoms with van der Waals surface area (Å²) in [6.07, 6.45) is 8.63. The molecule has 150 valence electrons. The van der Waals surface area contributed by atoms with Crippen LogP contribution in [0.1, 0.15) is 49.4 Å². The van der Waals surface area contributed by atoms with Crippen LogP contribution in [-0.2, 0) is 14.3 Å². The molecule has 6 nitrogen and oxygen atoms in total. The van der Waals surface area contributed by atoms with Crippen LogP contribution in [-0.4, -0.2) is 24.5 Å². The molecule has 2 aliphatic carbocycles. The van der Waals surface area contributed by atoms with Crippen LogP contribution >= 0.6 is 0 Å². The minimum absolute atomic E-state index is 0.0603. The summed E-state index contributed by atoms with van der Waals surface area (Å²) < 4.78 is 5.24. The van der Waals surface area contributed by atoms with Crippen LogP contribution in [0.3, 0.4) is 0 Å². The molecule has 1 N–H and O–H groups in total. The van der Waals surface area contributed by atoms with Crippen LogP contribution in [0.25, 0.3) is 0 Å². The highest BCUT2D eigenvalue weighted by Crippen LogP contribution is 2.48. The van der Waals surface area contributed by atoms with Gasteiger partial charge < -0.3 is 20.0 Å². The van der Waals surface area contributed by atoms with Gasteiger partial charge >= 0.3 is 5.97 Å². The Labute approximate surface area is 165 Å². The molecule has 3 rings (SSSR count). The predicted molar refractivity (Wildman–Crippen MR) is 102 cm³/mol. The number of anilines is 1. The molecule has 28 heavy (non-hydrogen) atoms. The molecule has 1 aromatic rings. The standard InChI is InChI=1S/C22H27NO5/c1-2-3-4-5-12-28-22(27)14-8-10-17(11-9-14)23-20(24)18-15-6-7-16(13-15)19(18)21(25)26/h6-11,15-16,18-19H,2-5,12-13H2,1H3,(H,23,24)(H,25,26)/p-1/t15-,16-,18+,19-/m0/s1. The van der Waals surface area contributed by atoms with Crippen molar-refractivity contribution in [2.75, 3.05) is 11.9 Å². The van der Waals surface area contributed by atoms with E-state index in [-0.39, 0.29) is 23.7 Å². The summed E-state index contributed by atoms with van der Waals surface area (Å²) in [6.45, 7) is 2.53. The van der Waals surface area contributed by atoms with Crippen molar-refractivity contribution in [3.8, 4) is 0 Å². The van der Waals surface area contributed by atoms with E-state index in [1.807, 2.05) is 12.2 Å². The Kier molecular flexibility index (Phi) is 6.49. The van der Waals surface area contributed by atoms with Crippen LogP contribution < -0.4 is 10.4 Å². The lowest BCUT2D eigenvalue weighted by atomic mass is 9.82. The number of carbonyl (C=O) groups excluding carboxylic acids is 3. The molecule has 0 saturated heterocycles. The number of ether oxygens (including phenoxy) is 1. The Morgan fingerprint density at radius 1 is 1.04 bits per heavy atom. The molecule has 4 atom stereocenters. The summed E-state index contributed by atoms with van der Waals surface area (Å²) in [6, 6.07) is 6.45. The lowest BCUT2D eigenvalue weighted by Gasteiger charge is -2.27. The second-order valence-electron chi connectivity index (χ2n) is 7.58. The SMILES string of the molecule is CCCCCCOC(=O)c1ccc(NC(=O)[C@H]2[C@@H](C(=O)[O-])[C@H]3C=C[C@H]2C3)cc1. The lowest BCUT2D eigenvalue weighted by Crippen LogP contribution is -2.42. The molecule has 1 amide bonds. The quantitative estimate of drug-likeness (QED) is 0.401. The third kappa shape index (κ3) is 4.43. The molecular weight excluding hydrogens is 358 g/mol. The van der Waals surface area contributed by atoms with E-state index >= 15 is 0 Å². The summed E-state index contributed by atoms with van der Waals surface area (Å²) >= 11 is 0. The maximum absolute atomic E-state index is 12.6.